The van der Waals surface area contributed by atoms with Crippen LogP contribution in [0.25, 0.3) is 22.3 Å². The van der Waals surface area contributed by atoms with Gasteiger partial charge in [-0.15, -0.1) is 0 Å². The summed E-state index contributed by atoms with van der Waals surface area (Å²) in [5.41, 5.74) is 19.3. The van der Waals surface area contributed by atoms with Crippen molar-refractivity contribution < 1.29 is 0 Å². The molecule has 0 N–H and O–H groups in total. The summed E-state index contributed by atoms with van der Waals surface area (Å²) in [6.07, 6.45) is 10.6. The SMILES string of the molecule is CC(C)C1CCCCC1(c1ccc(N(c2ccccc2)c2ccc(C3CC4CCC3C4)cc2)cc1)c1ccc(N(c2ccccc2)c2ccc3c(c2)C(C)(C)c2cccc(-c4ccccc4)c2-3)cc1. The molecule has 8 aromatic rings. The molecular formula is C67H66N2. The highest BCUT2D eigenvalue weighted by atomic mass is 15.1. The van der Waals surface area contributed by atoms with Gasteiger partial charge in [0.1, 0.15) is 0 Å². The Morgan fingerprint density at radius 2 is 1.01 bits per heavy atom. The van der Waals surface area contributed by atoms with E-state index in [2.05, 4.69) is 238 Å². The third-order valence-electron chi connectivity index (χ3n) is 17.4. The zero-order chi connectivity index (χ0) is 46.7. The Labute approximate surface area is 411 Å². The van der Waals surface area contributed by atoms with E-state index in [0.29, 0.717) is 11.8 Å². The molecule has 69 heavy (non-hydrogen) atoms. The van der Waals surface area contributed by atoms with Crippen LogP contribution < -0.4 is 9.80 Å². The van der Waals surface area contributed by atoms with E-state index >= 15 is 0 Å². The Balaban J connectivity index is 0.909. The maximum atomic E-state index is 2.48. The second kappa shape index (κ2) is 17.7. The van der Waals surface area contributed by atoms with Crippen molar-refractivity contribution in [3.63, 3.8) is 0 Å². The molecule has 3 fully saturated rings. The second-order valence-electron chi connectivity index (χ2n) is 21.8. The molecule has 2 heteroatoms. The number of hydrogen-bond donors (Lipinski definition) is 0. The Kier molecular flexibility index (Phi) is 11.2. The molecule has 0 aromatic heterocycles. The molecule has 3 saturated carbocycles. The first-order chi connectivity index (χ1) is 33.8. The predicted octanol–water partition coefficient (Wildman–Crippen LogP) is 18.6. The lowest BCUT2D eigenvalue weighted by atomic mass is 9.56. The van der Waals surface area contributed by atoms with Crippen LogP contribution in [0.4, 0.5) is 34.1 Å². The molecule has 5 unspecified atom stereocenters. The highest BCUT2D eigenvalue weighted by Gasteiger charge is 2.45. The molecule has 0 amide bonds. The van der Waals surface area contributed by atoms with E-state index in [-0.39, 0.29) is 10.8 Å². The van der Waals surface area contributed by atoms with Crippen molar-refractivity contribution in [3.05, 3.63) is 228 Å². The van der Waals surface area contributed by atoms with Crippen LogP contribution in [0.2, 0.25) is 0 Å². The Bertz CT molecular complexity index is 3060. The van der Waals surface area contributed by atoms with E-state index in [0.717, 1.165) is 29.9 Å². The second-order valence-corrected chi connectivity index (χ2v) is 21.8. The molecule has 4 aliphatic carbocycles. The fraction of sp³-hybridized carbons (Fsp3) is 0.284. The molecule has 0 heterocycles. The van der Waals surface area contributed by atoms with Crippen molar-refractivity contribution in [1.29, 1.82) is 0 Å². The van der Waals surface area contributed by atoms with Crippen molar-refractivity contribution in [3.8, 4) is 22.3 Å². The summed E-state index contributed by atoms with van der Waals surface area (Å²) in [5.74, 6) is 3.63. The van der Waals surface area contributed by atoms with Crippen LogP contribution in [0.5, 0.6) is 0 Å². The lowest BCUT2D eigenvalue weighted by Crippen LogP contribution is -2.42. The van der Waals surface area contributed by atoms with Crippen molar-refractivity contribution >= 4 is 34.1 Å². The van der Waals surface area contributed by atoms with Gasteiger partial charge < -0.3 is 9.80 Å². The maximum absolute atomic E-state index is 2.48. The van der Waals surface area contributed by atoms with E-state index in [1.165, 1.54) is 123 Å². The van der Waals surface area contributed by atoms with E-state index in [4.69, 9.17) is 0 Å². The van der Waals surface area contributed by atoms with E-state index in [1.54, 1.807) is 0 Å². The lowest BCUT2D eigenvalue weighted by molar-refractivity contribution is 0.170. The fourth-order valence-corrected chi connectivity index (χ4v) is 14.1. The van der Waals surface area contributed by atoms with E-state index in [1.807, 2.05) is 0 Å². The number of para-hydroxylation sites is 2. The van der Waals surface area contributed by atoms with Crippen molar-refractivity contribution in [1.82, 2.24) is 0 Å². The van der Waals surface area contributed by atoms with Crippen LogP contribution >= 0.6 is 0 Å². The third kappa shape index (κ3) is 7.54. The molecule has 2 bridgehead atoms. The summed E-state index contributed by atoms with van der Waals surface area (Å²) in [7, 11) is 0. The highest BCUT2D eigenvalue weighted by Crippen LogP contribution is 2.56. The van der Waals surface area contributed by atoms with Crippen molar-refractivity contribution in [2.24, 2.45) is 23.7 Å². The zero-order valence-electron chi connectivity index (χ0n) is 41.0. The van der Waals surface area contributed by atoms with Crippen LogP contribution in [0.3, 0.4) is 0 Å². The molecule has 12 rings (SSSR count). The van der Waals surface area contributed by atoms with Crippen molar-refractivity contribution in [2.75, 3.05) is 9.80 Å². The standard InChI is InChI=1S/C67H66N2/c1-46(2)62-24-14-15-42-67(62,51-30-36-56(37-31-51)68(53-19-10-6-11-20-53)55-34-28-49(29-35-55)61-44-47-26-27-50(61)43-47)52-32-38-57(39-33-52)69(54-21-12-7-13-22-54)58-40-41-60-64(45-58)66(3,4)63-25-16-23-59(65(60)63)48-17-8-5-9-18-48/h5-13,16-23,25,28-41,45-47,50,61-62H,14-15,24,26-27,42-44H2,1-4H3. The molecule has 5 atom stereocenters. The first-order valence-corrected chi connectivity index (χ1v) is 26.1. The molecule has 2 nitrogen and oxygen atoms in total. The number of rotatable bonds is 11. The number of benzene rings is 8. The normalized spacial score (nSPS) is 22.0. The average Bonchev–Trinajstić information content (AvgIpc) is 4.11. The van der Waals surface area contributed by atoms with Gasteiger partial charge in [-0.1, -0.05) is 174 Å². The van der Waals surface area contributed by atoms with Gasteiger partial charge >= 0.3 is 0 Å². The van der Waals surface area contributed by atoms with Crippen molar-refractivity contribution in [2.45, 2.75) is 95.8 Å². The minimum absolute atomic E-state index is 0.0965. The highest BCUT2D eigenvalue weighted by molar-refractivity contribution is 5.94. The molecule has 0 saturated heterocycles. The predicted molar refractivity (Wildman–Crippen MR) is 291 cm³/mol. The maximum Gasteiger partial charge on any atom is 0.0465 e. The average molecular weight is 899 g/mol. The molecular weight excluding hydrogens is 833 g/mol. The molecule has 0 radical (unpaired) electrons. The third-order valence-corrected chi connectivity index (χ3v) is 17.4. The summed E-state index contributed by atoms with van der Waals surface area (Å²) in [5, 5.41) is 0. The summed E-state index contributed by atoms with van der Waals surface area (Å²) in [4.78, 5) is 4.92. The topological polar surface area (TPSA) is 6.48 Å². The van der Waals surface area contributed by atoms with Crippen LogP contribution in [0.15, 0.2) is 200 Å². The smallest absolute Gasteiger partial charge is 0.0465 e. The minimum atomic E-state index is -0.149. The van der Waals surface area contributed by atoms with Gasteiger partial charge in [0.2, 0.25) is 0 Å². The van der Waals surface area contributed by atoms with Gasteiger partial charge in [-0.3, -0.25) is 0 Å². The number of hydrogen-bond acceptors (Lipinski definition) is 2. The van der Waals surface area contributed by atoms with Gasteiger partial charge in [0.05, 0.1) is 0 Å². The van der Waals surface area contributed by atoms with Gasteiger partial charge in [0.25, 0.3) is 0 Å². The Morgan fingerprint density at radius 3 is 1.58 bits per heavy atom. The molecule has 4 aliphatic rings. The number of nitrogens with zero attached hydrogens (tertiary/aromatic N) is 2. The quantitative estimate of drug-likeness (QED) is 0.128. The lowest BCUT2D eigenvalue weighted by Gasteiger charge is -2.48. The van der Waals surface area contributed by atoms with Crippen LogP contribution in [0.1, 0.15) is 113 Å². The van der Waals surface area contributed by atoms with Gasteiger partial charge in [-0.25, -0.2) is 0 Å². The summed E-state index contributed by atoms with van der Waals surface area (Å²) in [6.45, 7) is 9.71. The Hall–Kier alpha value is -6.64. The first kappa shape index (κ1) is 43.6. The van der Waals surface area contributed by atoms with Gasteiger partial charge in [0.15, 0.2) is 0 Å². The van der Waals surface area contributed by atoms with E-state index in [9.17, 15) is 0 Å². The number of anilines is 6. The molecule has 344 valence electrons. The summed E-state index contributed by atoms with van der Waals surface area (Å²) < 4.78 is 0. The minimum Gasteiger partial charge on any atom is -0.311 e. The largest absolute Gasteiger partial charge is 0.311 e. The fourth-order valence-electron chi connectivity index (χ4n) is 14.1. The summed E-state index contributed by atoms with van der Waals surface area (Å²) >= 11 is 0. The summed E-state index contributed by atoms with van der Waals surface area (Å²) in [6, 6.07) is 76.0. The van der Waals surface area contributed by atoms with Crippen LogP contribution in [-0.2, 0) is 10.8 Å². The first-order valence-electron chi connectivity index (χ1n) is 26.1. The van der Waals surface area contributed by atoms with Gasteiger partial charge in [0, 0.05) is 45.0 Å². The monoisotopic (exact) mass is 899 g/mol. The molecule has 0 aliphatic heterocycles. The number of fused-ring (bicyclic) bond motifs is 5. The van der Waals surface area contributed by atoms with Crippen LogP contribution in [0, 0.1) is 23.7 Å². The van der Waals surface area contributed by atoms with Gasteiger partial charge in [-0.2, -0.15) is 0 Å². The molecule has 0 spiro atoms. The van der Waals surface area contributed by atoms with E-state index < -0.39 is 0 Å². The molecule has 8 aromatic carbocycles. The Morgan fingerprint density at radius 1 is 0.464 bits per heavy atom. The van der Waals surface area contributed by atoms with Crippen LogP contribution in [-0.4, -0.2) is 0 Å². The van der Waals surface area contributed by atoms with Gasteiger partial charge in [-0.05, 0) is 185 Å². The zero-order valence-corrected chi connectivity index (χ0v) is 41.0.